The largest absolute Gasteiger partial charge is 0.351 e. The third-order valence-corrected chi connectivity index (χ3v) is 6.30. The second-order valence-electron chi connectivity index (χ2n) is 5.90. The van der Waals surface area contributed by atoms with Crippen LogP contribution in [0.5, 0.6) is 0 Å². The predicted octanol–water partition coefficient (Wildman–Crippen LogP) is 3.89. The number of benzene rings is 1. The van der Waals surface area contributed by atoms with E-state index in [1.54, 1.807) is 30.3 Å². The highest BCUT2D eigenvalue weighted by Crippen LogP contribution is 2.27. The number of thiophene rings is 1. The minimum absolute atomic E-state index is 0.223. The van der Waals surface area contributed by atoms with E-state index in [2.05, 4.69) is 15.3 Å². The van der Waals surface area contributed by atoms with Crippen molar-refractivity contribution in [2.75, 3.05) is 12.8 Å². The van der Waals surface area contributed by atoms with Gasteiger partial charge in [0.2, 0.25) is 15.0 Å². The van der Waals surface area contributed by atoms with Gasteiger partial charge in [0.05, 0.1) is 15.4 Å². The van der Waals surface area contributed by atoms with Crippen LogP contribution in [0.1, 0.15) is 15.2 Å². The lowest BCUT2D eigenvalue weighted by Crippen LogP contribution is -2.24. The van der Waals surface area contributed by atoms with Gasteiger partial charge in [0.1, 0.15) is 0 Å². The fraction of sp³-hybridized carbons (Fsp3) is 0.167. The number of carbonyl (C=O) groups excluding carboxylic acids is 1. The molecule has 10 heteroatoms. The summed E-state index contributed by atoms with van der Waals surface area (Å²) in [4.78, 5) is 21.4. The lowest BCUT2D eigenvalue weighted by atomic mass is 10.1. The minimum Gasteiger partial charge on any atom is -0.351 e. The van der Waals surface area contributed by atoms with Crippen molar-refractivity contribution >= 4 is 50.3 Å². The first-order valence-electron chi connectivity index (χ1n) is 8.09. The molecule has 0 aliphatic carbocycles. The van der Waals surface area contributed by atoms with Gasteiger partial charge < -0.3 is 5.32 Å². The summed E-state index contributed by atoms with van der Waals surface area (Å²) in [6.07, 6.45) is 3.00. The lowest BCUT2D eigenvalue weighted by molar-refractivity contribution is 0.0958. The molecule has 0 aliphatic heterocycles. The number of sulfone groups is 1. The van der Waals surface area contributed by atoms with E-state index in [0.29, 0.717) is 38.5 Å². The summed E-state index contributed by atoms with van der Waals surface area (Å²) in [7, 11) is -3.50. The average Bonchev–Trinajstić information content (AvgIpc) is 3.13. The van der Waals surface area contributed by atoms with Crippen LogP contribution in [0.25, 0.3) is 10.6 Å². The number of nitrogens with one attached hydrogen (secondary N) is 1. The molecule has 6 nitrogen and oxygen atoms in total. The van der Waals surface area contributed by atoms with Gasteiger partial charge in [-0.1, -0.05) is 29.3 Å². The normalized spacial score (nSPS) is 11.4. The molecule has 1 N–H and O–H groups in total. The standard InChI is InChI=1S/C18H15Cl2N3O3S2/c1-28(25,26)18-22-9-7-14(23-18)15-4-5-16(27-15)17(24)21-8-6-11-2-3-12(19)10-13(11)20/h2-5,7,9-10H,6,8H2,1H3,(H,21,24). The Kier molecular flexibility index (Phi) is 6.34. The van der Waals surface area contributed by atoms with E-state index in [9.17, 15) is 13.2 Å². The van der Waals surface area contributed by atoms with Gasteiger partial charge in [-0.15, -0.1) is 11.3 Å². The third kappa shape index (κ3) is 5.08. The molecule has 1 aromatic carbocycles. The minimum atomic E-state index is -3.50. The molecule has 0 spiro atoms. The molecule has 1 amide bonds. The van der Waals surface area contributed by atoms with Crippen LogP contribution in [0, 0.1) is 0 Å². The van der Waals surface area contributed by atoms with E-state index in [0.717, 1.165) is 11.8 Å². The molecule has 0 radical (unpaired) electrons. The Morgan fingerprint density at radius 1 is 1.18 bits per heavy atom. The molecule has 2 heterocycles. The Morgan fingerprint density at radius 3 is 2.68 bits per heavy atom. The van der Waals surface area contributed by atoms with Crippen LogP contribution >= 0.6 is 34.5 Å². The zero-order chi connectivity index (χ0) is 20.3. The average molecular weight is 456 g/mol. The summed E-state index contributed by atoms with van der Waals surface area (Å²) >= 11 is 13.2. The fourth-order valence-corrected chi connectivity index (χ4v) is 4.29. The molecule has 0 aliphatic rings. The monoisotopic (exact) mass is 455 g/mol. The first-order chi connectivity index (χ1) is 13.2. The zero-order valence-corrected chi connectivity index (χ0v) is 17.8. The Balaban J connectivity index is 1.66. The number of nitrogens with zero attached hydrogens (tertiary/aromatic N) is 2. The summed E-state index contributed by atoms with van der Waals surface area (Å²) in [5.41, 5.74) is 1.35. The van der Waals surface area contributed by atoms with Crippen molar-refractivity contribution in [2.45, 2.75) is 11.6 Å². The van der Waals surface area contributed by atoms with Crippen LogP contribution in [-0.2, 0) is 16.3 Å². The van der Waals surface area contributed by atoms with Crippen molar-refractivity contribution in [3.05, 3.63) is 63.1 Å². The Morgan fingerprint density at radius 2 is 1.96 bits per heavy atom. The van der Waals surface area contributed by atoms with Gasteiger partial charge >= 0.3 is 0 Å². The summed E-state index contributed by atoms with van der Waals surface area (Å²) in [5, 5.41) is 3.72. The molecule has 0 atom stereocenters. The number of hydrogen-bond acceptors (Lipinski definition) is 6. The number of halogens is 2. The van der Waals surface area contributed by atoms with Gasteiger partial charge in [-0.2, -0.15) is 0 Å². The van der Waals surface area contributed by atoms with Gasteiger partial charge in [0, 0.05) is 29.0 Å². The smallest absolute Gasteiger partial charge is 0.261 e. The van der Waals surface area contributed by atoms with Crippen molar-refractivity contribution in [1.82, 2.24) is 15.3 Å². The van der Waals surface area contributed by atoms with E-state index >= 15 is 0 Å². The second-order valence-corrected chi connectivity index (χ2v) is 9.74. The SMILES string of the molecule is CS(=O)(=O)c1nccc(-c2ccc(C(=O)NCCc3ccc(Cl)cc3Cl)s2)n1. The van der Waals surface area contributed by atoms with E-state index in [-0.39, 0.29) is 11.1 Å². The molecule has 2 aromatic heterocycles. The fourth-order valence-electron chi connectivity index (χ4n) is 2.38. The summed E-state index contributed by atoms with van der Waals surface area (Å²) < 4.78 is 23.2. The van der Waals surface area contributed by atoms with Crippen LogP contribution in [0.15, 0.2) is 47.8 Å². The lowest BCUT2D eigenvalue weighted by Gasteiger charge is -2.06. The number of amides is 1. The van der Waals surface area contributed by atoms with Crippen LogP contribution in [0.4, 0.5) is 0 Å². The van der Waals surface area contributed by atoms with Gasteiger partial charge in [0.15, 0.2) is 0 Å². The molecular weight excluding hydrogens is 441 g/mol. The Bertz CT molecular complexity index is 1130. The van der Waals surface area contributed by atoms with Crippen molar-refractivity contribution in [3.8, 4) is 10.6 Å². The highest BCUT2D eigenvalue weighted by Gasteiger charge is 2.15. The van der Waals surface area contributed by atoms with E-state index in [1.807, 2.05) is 6.07 Å². The quantitative estimate of drug-likeness (QED) is 0.569. The molecule has 28 heavy (non-hydrogen) atoms. The topological polar surface area (TPSA) is 89.0 Å². The van der Waals surface area contributed by atoms with E-state index < -0.39 is 9.84 Å². The van der Waals surface area contributed by atoms with Crippen molar-refractivity contribution in [3.63, 3.8) is 0 Å². The number of hydrogen-bond donors (Lipinski definition) is 1. The molecular formula is C18H15Cl2N3O3S2. The van der Waals surface area contributed by atoms with Crippen LogP contribution in [0.3, 0.4) is 0 Å². The van der Waals surface area contributed by atoms with Crippen LogP contribution < -0.4 is 5.32 Å². The number of aromatic nitrogens is 2. The summed E-state index contributed by atoms with van der Waals surface area (Å²) in [6.45, 7) is 0.416. The molecule has 0 bridgehead atoms. The van der Waals surface area contributed by atoms with E-state index in [1.165, 1.54) is 17.5 Å². The second kappa shape index (κ2) is 8.57. The van der Waals surface area contributed by atoms with Gasteiger partial charge in [-0.25, -0.2) is 18.4 Å². The van der Waals surface area contributed by atoms with Crippen molar-refractivity contribution in [1.29, 1.82) is 0 Å². The molecule has 0 fully saturated rings. The van der Waals surface area contributed by atoms with Crippen molar-refractivity contribution in [2.24, 2.45) is 0 Å². The van der Waals surface area contributed by atoms with Gasteiger partial charge in [-0.3, -0.25) is 4.79 Å². The third-order valence-electron chi connectivity index (χ3n) is 3.74. The Hall–Kier alpha value is -2.00. The van der Waals surface area contributed by atoms with Gasteiger partial charge in [0.25, 0.3) is 5.91 Å². The molecule has 146 valence electrons. The maximum Gasteiger partial charge on any atom is 0.261 e. The molecule has 3 rings (SSSR count). The maximum absolute atomic E-state index is 12.4. The first kappa shape index (κ1) is 20.7. The predicted molar refractivity (Wildman–Crippen MR) is 111 cm³/mol. The van der Waals surface area contributed by atoms with Crippen LogP contribution in [0.2, 0.25) is 10.0 Å². The molecule has 0 saturated heterocycles. The van der Waals surface area contributed by atoms with E-state index in [4.69, 9.17) is 23.2 Å². The molecule has 0 unspecified atom stereocenters. The van der Waals surface area contributed by atoms with Gasteiger partial charge in [-0.05, 0) is 42.3 Å². The first-order valence-corrected chi connectivity index (χ1v) is 11.6. The summed E-state index contributed by atoms with van der Waals surface area (Å²) in [6, 6.07) is 10.2. The molecule has 0 saturated carbocycles. The maximum atomic E-state index is 12.4. The highest BCUT2D eigenvalue weighted by molar-refractivity contribution is 7.90. The number of rotatable bonds is 6. The van der Waals surface area contributed by atoms with Crippen molar-refractivity contribution < 1.29 is 13.2 Å². The van der Waals surface area contributed by atoms with Crippen LogP contribution in [-0.4, -0.2) is 37.1 Å². The summed E-state index contributed by atoms with van der Waals surface area (Å²) in [5.74, 6) is -0.223. The highest BCUT2D eigenvalue weighted by atomic mass is 35.5. The zero-order valence-electron chi connectivity index (χ0n) is 14.6. The number of carbonyl (C=O) groups is 1. The molecule has 3 aromatic rings. The Labute approximate surface area is 176 Å².